The first-order valence-corrected chi connectivity index (χ1v) is 10.4. The van der Waals surface area contributed by atoms with Crippen molar-refractivity contribution in [2.24, 2.45) is 0 Å². The third kappa shape index (κ3) is 6.86. The van der Waals surface area contributed by atoms with Crippen molar-refractivity contribution in [2.45, 2.75) is 33.7 Å². The molecule has 0 saturated carbocycles. The van der Waals surface area contributed by atoms with Crippen molar-refractivity contribution in [3.8, 4) is 0 Å². The van der Waals surface area contributed by atoms with Crippen LogP contribution in [0.1, 0.15) is 30.7 Å². The maximum atomic E-state index is 9.10. The number of benzene rings is 2. The summed E-state index contributed by atoms with van der Waals surface area (Å²) in [6.07, 6.45) is 1.05. The molecule has 7 nitrogen and oxygen atoms in total. The Morgan fingerprint density at radius 3 is 2.16 bits per heavy atom. The van der Waals surface area contributed by atoms with Crippen LogP contribution in [0.3, 0.4) is 0 Å². The zero-order valence-corrected chi connectivity index (χ0v) is 18.3. The van der Waals surface area contributed by atoms with Crippen molar-refractivity contribution in [3.05, 3.63) is 65.4 Å². The summed E-state index contributed by atoms with van der Waals surface area (Å²) in [5.74, 6) is -3.65. The summed E-state index contributed by atoms with van der Waals surface area (Å²) in [5, 5.41) is 19.7. The molecule has 2 aromatic carbocycles. The summed E-state index contributed by atoms with van der Waals surface area (Å²) < 4.78 is 0. The second kappa shape index (κ2) is 11.8. The SMILES string of the molecule is CCN(CC)c1ccc(CNCCc2c(C)[nH]c3ccccc23)cc1.O=C(O)C(=O)O. The highest BCUT2D eigenvalue weighted by molar-refractivity contribution is 6.27. The predicted octanol–water partition coefficient (Wildman–Crippen LogP) is 3.81. The number of rotatable bonds is 8. The lowest BCUT2D eigenvalue weighted by Crippen LogP contribution is -2.21. The van der Waals surface area contributed by atoms with Gasteiger partial charge >= 0.3 is 11.9 Å². The number of carboxylic acids is 2. The molecule has 0 saturated heterocycles. The summed E-state index contributed by atoms with van der Waals surface area (Å²) in [7, 11) is 0. The first kappa shape index (κ1) is 24.0. The molecule has 0 unspecified atom stereocenters. The highest BCUT2D eigenvalue weighted by atomic mass is 16.4. The minimum Gasteiger partial charge on any atom is -0.473 e. The van der Waals surface area contributed by atoms with Crippen LogP contribution in [0.2, 0.25) is 0 Å². The van der Waals surface area contributed by atoms with Gasteiger partial charge in [0.1, 0.15) is 0 Å². The number of aliphatic carboxylic acids is 2. The normalized spacial score (nSPS) is 10.4. The van der Waals surface area contributed by atoms with E-state index in [1.807, 2.05) is 0 Å². The topological polar surface area (TPSA) is 106 Å². The lowest BCUT2D eigenvalue weighted by molar-refractivity contribution is -0.159. The van der Waals surface area contributed by atoms with Gasteiger partial charge in [0.25, 0.3) is 0 Å². The first-order chi connectivity index (χ1) is 14.9. The zero-order valence-electron chi connectivity index (χ0n) is 18.3. The fourth-order valence-corrected chi connectivity index (χ4v) is 3.52. The van der Waals surface area contributed by atoms with Crippen LogP contribution in [0.15, 0.2) is 48.5 Å². The molecule has 0 aliphatic carbocycles. The number of fused-ring (bicyclic) bond motifs is 1. The molecule has 1 aromatic heterocycles. The van der Waals surface area contributed by atoms with Gasteiger partial charge in [-0.2, -0.15) is 0 Å². The Labute approximate surface area is 182 Å². The van der Waals surface area contributed by atoms with E-state index in [-0.39, 0.29) is 0 Å². The minimum atomic E-state index is -1.82. The van der Waals surface area contributed by atoms with Gasteiger partial charge in [0.15, 0.2) is 0 Å². The van der Waals surface area contributed by atoms with Crippen LogP contribution < -0.4 is 10.2 Å². The lowest BCUT2D eigenvalue weighted by atomic mass is 10.1. The number of para-hydroxylation sites is 1. The summed E-state index contributed by atoms with van der Waals surface area (Å²) in [6, 6.07) is 17.5. The van der Waals surface area contributed by atoms with Gasteiger partial charge in [0.05, 0.1) is 0 Å². The number of hydrogen-bond acceptors (Lipinski definition) is 4. The maximum Gasteiger partial charge on any atom is 0.414 e. The Morgan fingerprint density at radius 1 is 0.968 bits per heavy atom. The molecule has 31 heavy (non-hydrogen) atoms. The minimum absolute atomic E-state index is 0.917. The van der Waals surface area contributed by atoms with Crippen LogP contribution in [0.5, 0.6) is 0 Å². The van der Waals surface area contributed by atoms with Crippen LogP contribution in [0.4, 0.5) is 5.69 Å². The Morgan fingerprint density at radius 2 is 1.58 bits per heavy atom. The number of aromatic nitrogens is 1. The second-order valence-corrected chi connectivity index (χ2v) is 7.15. The van der Waals surface area contributed by atoms with Gasteiger partial charge in [0, 0.05) is 41.9 Å². The van der Waals surface area contributed by atoms with Crippen molar-refractivity contribution in [3.63, 3.8) is 0 Å². The van der Waals surface area contributed by atoms with Gasteiger partial charge in [-0.3, -0.25) is 0 Å². The van der Waals surface area contributed by atoms with E-state index < -0.39 is 11.9 Å². The Hall–Kier alpha value is -3.32. The molecule has 7 heteroatoms. The fourth-order valence-electron chi connectivity index (χ4n) is 3.52. The molecule has 4 N–H and O–H groups in total. The molecule has 0 bridgehead atoms. The third-order valence-electron chi connectivity index (χ3n) is 5.16. The standard InChI is InChI=1S/C22H29N3.C2H2O4/c1-4-25(5-2)19-12-10-18(11-13-19)16-23-15-14-20-17(3)24-22-9-7-6-8-21(20)22;3-1(4)2(5)6/h6-13,23-24H,4-5,14-16H2,1-3H3;(H,3,4)(H,5,6). The van der Waals surface area contributed by atoms with E-state index in [9.17, 15) is 0 Å². The molecule has 0 aliphatic rings. The molecular formula is C24H31N3O4. The second-order valence-electron chi connectivity index (χ2n) is 7.15. The number of carbonyl (C=O) groups is 2. The maximum absolute atomic E-state index is 9.10. The molecule has 0 amide bonds. The van der Waals surface area contributed by atoms with E-state index in [4.69, 9.17) is 19.8 Å². The van der Waals surface area contributed by atoms with Gasteiger partial charge in [0.2, 0.25) is 0 Å². The number of aryl methyl sites for hydroxylation is 1. The van der Waals surface area contributed by atoms with Crippen molar-refractivity contribution in [1.29, 1.82) is 0 Å². The number of nitrogens with one attached hydrogen (secondary N) is 2. The van der Waals surface area contributed by atoms with Crippen molar-refractivity contribution >= 4 is 28.5 Å². The van der Waals surface area contributed by atoms with Gasteiger partial charge in [-0.25, -0.2) is 9.59 Å². The smallest absolute Gasteiger partial charge is 0.414 e. The van der Waals surface area contributed by atoms with Gasteiger partial charge in [-0.05, 0) is 63.1 Å². The van der Waals surface area contributed by atoms with Crippen LogP contribution in [-0.2, 0) is 22.6 Å². The van der Waals surface area contributed by atoms with Crippen molar-refractivity contribution in [2.75, 3.05) is 24.5 Å². The van der Waals surface area contributed by atoms with Gasteiger partial charge in [-0.1, -0.05) is 30.3 Å². The highest BCUT2D eigenvalue weighted by Gasteiger charge is 2.07. The van der Waals surface area contributed by atoms with Gasteiger partial charge < -0.3 is 25.4 Å². The number of nitrogens with zero attached hydrogens (tertiary/aromatic N) is 1. The Kier molecular flexibility index (Phi) is 9.09. The van der Waals surface area contributed by atoms with Crippen LogP contribution >= 0.6 is 0 Å². The largest absolute Gasteiger partial charge is 0.473 e. The zero-order chi connectivity index (χ0) is 22.8. The van der Waals surface area contributed by atoms with E-state index >= 15 is 0 Å². The molecule has 0 radical (unpaired) electrons. The molecular weight excluding hydrogens is 394 g/mol. The molecule has 0 fully saturated rings. The monoisotopic (exact) mass is 425 g/mol. The molecule has 3 rings (SSSR count). The average molecular weight is 426 g/mol. The number of hydrogen-bond donors (Lipinski definition) is 4. The molecule has 3 aromatic rings. The summed E-state index contributed by atoms with van der Waals surface area (Å²) in [6.45, 7) is 10.6. The molecule has 166 valence electrons. The van der Waals surface area contributed by atoms with Crippen LogP contribution in [0, 0.1) is 6.92 Å². The van der Waals surface area contributed by atoms with Crippen molar-refractivity contribution < 1.29 is 19.8 Å². The summed E-state index contributed by atoms with van der Waals surface area (Å²) in [4.78, 5) is 24.1. The van der Waals surface area contributed by atoms with E-state index in [0.717, 1.165) is 32.6 Å². The molecule has 0 atom stereocenters. The Balaban J connectivity index is 0.000000501. The summed E-state index contributed by atoms with van der Waals surface area (Å²) in [5.41, 5.74) is 6.60. The molecule has 0 spiro atoms. The highest BCUT2D eigenvalue weighted by Crippen LogP contribution is 2.22. The molecule has 1 heterocycles. The van der Waals surface area contributed by atoms with Crippen molar-refractivity contribution in [1.82, 2.24) is 10.3 Å². The predicted molar refractivity (Wildman–Crippen MR) is 124 cm³/mol. The fraction of sp³-hybridized carbons (Fsp3) is 0.333. The number of carboxylic acid groups (broad SMARTS) is 2. The van der Waals surface area contributed by atoms with E-state index in [0.29, 0.717) is 0 Å². The van der Waals surface area contributed by atoms with Crippen LogP contribution in [0.25, 0.3) is 10.9 Å². The molecule has 0 aliphatic heterocycles. The number of aromatic amines is 1. The Bertz CT molecular complexity index is 980. The van der Waals surface area contributed by atoms with E-state index in [2.05, 4.69) is 84.5 Å². The van der Waals surface area contributed by atoms with E-state index in [1.165, 1.54) is 33.4 Å². The quantitative estimate of drug-likeness (QED) is 0.323. The third-order valence-corrected chi connectivity index (χ3v) is 5.16. The number of anilines is 1. The first-order valence-electron chi connectivity index (χ1n) is 10.4. The number of H-pyrrole nitrogens is 1. The lowest BCUT2D eigenvalue weighted by Gasteiger charge is -2.21. The van der Waals surface area contributed by atoms with Crippen LogP contribution in [-0.4, -0.2) is 46.8 Å². The van der Waals surface area contributed by atoms with Gasteiger partial charge in [-0.15, -0.1) is 0 Å². The summed E-state index contributed by atoms with van der Waals surface area (Å²) >= 11 is 0. The average Bonchev–Trinajstić information content (AvgIpc) is 3.08. The van der Waals surface area contributed by atoms with E-state index in [1.54, 1.807) is 0 Å².